The molecule has 0 aromatic rings. The molecule has 0 radical (unpaired) electrons. The van der Waals surface area contributed by atoms with E-state index in [1.165, 1.54) is 39.4 Å². The van der Waals surface area contributed by atoms with Crippen molar-refractivity contribution in [1.29, 1.82) is 0 Å². The summed E-state index contributed by atoms with van der Waals surface area (Å²) in [5, 5.41) is 13.7. The maximum atomic E-state index is 13.5. The van der Waals surface area contributed by atoms with Crippen molar-refractivity contribution in [2.45, 2.75) is 65.0 Å². The normalized spacial score (nSPS) is 31.6. The van der Waals surface area contributed by atoms with Crippen LogP contribution in [0.2, 0.25) is 0 Å². The van der Waals surface area contributed by atoms with Gasteiger partial charge in [0.15, 0.2) is 11.9 Å². The molecule has 11 nitrogen and oxygen atoms in total. The number of fused-ring (bicyclic) bond motifs is 2. The zero-order valence-corrected chi connectivity index (χ0v) is 25.0. The topological polar surface area (TPSA) is 163 Å². The Morgan fingerprint density at radius 2 is 1.88 bits per heavy atom. The van der Waals surface area contributed by atoms with Crippen molar-refractivity contribution in [3.8, 4) is 0 Å². The van der Waals surface area contributed by atoms with E-state index in [2.05, 4.69) is 11.9 Å². The van der Waals surface area contributed by atoms with Crippen LogP contribution in [0.4, 0.5) is 4.79 Å². The molecule has 1 heterocycles. The third kappa shape index (κ3) is 9.10. The summed E-state index contributed by atoms with van der Waals surface area (Å²) in [6, 6.07) is 0. The van der Waals surface area contributed by atoms with Crippen molar-refractivity contribution in [1.82, 2.24) is 5.32 Å². The maximum Gasteiger partial charge on any atom is 0.405 e. The lowest BCUT2D eigenvalue weighted by Crippen LogP contribution is -2.37. The number of nitrogens with one attached hydrogen (secondary N) is 1. The predicted octanol–water partition coefficient (Wildman–Crippen LogP) is 2.96. The number of amides is 2. The van der Waals surface area contributed by atoms with Crippen LogP contribution in [0.5, 0.6) is 0 Å². The molecule has 0 aromatic carbocycles. The number of carbonyl (C=O) groups excluding carboxylic acids is 4. The summed E-state index contributed by atoms with van der Waals surface area (Å²) in [6.45, 7) is 10.5. The van der Waals surface area contributed by atoms with Crippen LogP contribution in [-0.4, -0.2) is 73.9 Å². The van der Waals surface area contributed by atoms with Crippen LogP contribution < -0.4 is 11.1 Å². The highest BCUT2D eigenvalue weighted by Gasteiger charge is 2.34. The molecule has 1 aliphatic carbocycles. The van der Waals surface area contributed by atoms with Crippen LogP contribution in [0, 0.1) is 11.8 Å². The van der Waals surface area contributed by atoms with E-state index >= 15 is 0 Å². The molecule has 0 saturated heterocycles. The number of carbonyl (C=O) groups is 4. The quantitative estimate of drug-likeness (QED) is 0.314. The number of hydrogen-bond acceptors (Lipinski definition) is 9. The highest BCUT2D eigenvalue weighted by Crippen LogP contribution is 2.29. The van der Waals surface area contributed by atoms with Gasteiger partial charge in [-0.15, -0.1) is 0 Å². The van der Waals surface area contributed by atoms with E-state index in [1.54, 1.807) is 26.0 Å². The fourth-order valence-electron chi connectivity index (χ4n) is 4.86. The molecule has 0 aromatic heterocycles. The fourth-order valence-corrected chi connectivity index (χ4v) is 4.86. The van der Waals surface area contributed by atoms with Crippen LogP contribution in [-0.2, 0) is 33.3 Å². The number of primary amides is 1. The molecule has 6 atom stereocenters. The lowest BCUT2D eigenvalue weighted by Gasteiger charge is -2.30. The highest BCUT2D eigenvalue weighted by atomic mass is 16.6. The Hall–Kier alpha value is -3.80. The van der Waals surface area contributed by atoms with Gasteiger partial charge in [0.25, 0.3) is 5.91 Å². The van der Waals surface area contributed by atoms with Gasteiger partial charge in [0.05, 0.1) is 17.9 Å². The second kappa shape index (κ2) is 16.0. The van der Waals surface area contributed by atoms with Crippen LogP contribution in [0.1, 0.15) is 40.5 Å². The minimum Gasteiger partial charge on any atom is -0.485 e. The van der Waals surface area contributed by atoms with Gasteiger partial charge in [-0.25, -0.2) is 4.79 Å². The Balaban J connectivity index is 2.62. The number of allylic oxidation sites excluding steroid dienone is 4. The Morgan fingerprint density at radius 3 is 2.48 bits per heavy atom. The Labute approximate surface area is 246 Å². The molecule has 1 aliphatic heterocycles. The molecule has 42 heavy (non-hydrogen) atoms. The van der Waals surface area contributed by atoms with E-state index in [-0.39, 0.29) is 41.5 Å². The lowest BCUT2D eigenvalue weighted by molar-refractivity contribution is -0.121. The van der Waals surface area contributed by atoms with Crippen molar-refractivity contribution < 1.29 is 43.2 Å². The maximum absolute atomic E-state index is 13.5. The predicted molar refractivity (Wildman–Crippen MR) is 156 cm³/mol. The number of hydrogen-bond donors (Lipinski definition) is 3. The zero-order valence-electron chi connectivity index (χ0n) is 25.0. The largest absolute Gasteiger partial charge is 0.485 e. The van der Waals surface area contributed by atoms with Gasteiger partial charge < -0.3 is 35.1 Å². The number of methoxy groups -OCH3 is 2. The minimum absolute atomic E-state index is 0.0154. The lowest BCUT2D eigenvalue weighted by atomic mass is 9.85. The molecule has 0 saturated carbocycles. The van der Waals surface area contributed by atoms with Crippen LogP contribution >= 0.6 is 0 Å². The van der Waals surface area contributed by atoms with Gasteiger partial charge in [-0.1, -0.05) is 50.8 Å². The van der Waals surface area contributed by atoms with Gasteiger partial charge in [0.2, 0.25) is 11.6 Å². The first kappa shape index (κ1) is 34.4. The second-order valence-corrected chi connectivity index (χ2v) is 10.5. The van der Waals surface area contributed by atoms with Gasteiger partial charge >= 0.3 is 6.09 Å². The van der Waals surface area contributed by atoms with Crippen molar-refractivity contribution in [3.63, 3.8) is 0 Å². The molecule has 230 valence electrons. The first-order chi connectivity index (χ1) is 19.8. The van der Waals surface area contributed by atoms with Crippen LogP contribution in [0.3, 0.4) is 0 Å². The summed E-state index contributed by atoms with van der Waals surface area (Å²) in [4.78, 5) is 51.2. The molecule has 2 aliphatic rings. The average molecular weight is 587 g/mol. The molecular formula is C31H42N2O9. The van der Waals surface area contributed by atoms with E-state index in [1.807, 2.05) is 6.92 Å². The van der Waals surface area contributed by atoms with E-state index in [4.69, 9.17) is 24.7 Å². The molecule has 4 N–H and O–H groups in total. The van der Waals surface area contributed by atoms with Gasteiger partial charge in [0.1, 0.15) is 12.7 Å². The van der Waals surface area contributed by atoms with Crippen molar-refractivity contribution in [2.75, 3.05) is 20.8 Å². The smallest absolute Gasteiger partial charge is 0.405 e. The first-order valence-electron chi connectivity index (χ1n) is 13.7. The Bertz CT molecular complexity index is 1210. The Kier molecular flexibility index (Phi) is 13.1. The third-order valence-electron chi connectivity index (χ3n) is 7.09. The minimum atomic E-state index is -1.01. The standard InChI is InChI=1S/C31H42N2O9/c1-8-12-41-29-21-13-17(2)14-25(40-7)26(35)19(4)15-20(5)28(42-31(32)38)24(39-6)11-9-10-18(3)30(37)33-22(27(21)36)16-23(29)34/h8-11,15-17,19,24-26,28,35H,1,12-14H2,2-7H3,(H2,32,38)(H,33,37)/b11-9-,18-10+,20-15+/t17-,19+,24+,25+,26-,28+/m1/s1. The summed E-state index contributed by atoms with van der Waals surface area (Å²) >= 11 is 0. The molecule has 2 amide bonds. The zero-order chi connectivity index (χ0) is 31.6. The number of nitrogens with two attached hydrogens (primary N) is 1. The van der Waals surface area contributed by atoms with Gasteiger partial charge in [-0.05, 0) is 38.2 Å². The third-order valence-corrected chi connectivity index (χ3v) is 7.09. The molecular weight excluding hydrogens is 544 g/mol. The number of aliphatic hydroxyl groups excluding tert-OH is 1. The highest BCUT2D eigenvalue weighted by molar-refractivity contribution is 6.23. The Morgan fingerprint density at radius 1 is 1.19 bits per heavy atom. The van der Waals surface area contributed by atoms with E-state index in [0.29, 0.717) is 12.0 Å². The SMILES string of the molecule is C=CCOC1=C2C[C@@H](C)C[C@H](OC)[C@H](O)[C@@H](C)/C=C(\C)[C@H](OC(N)=O)[C@@H](OC)/C=C\C=C(/C)C(=O)NC(=CC1=O)C2=O. The van der Waals surface area contributed by atoms with Crippen LogP contribution in [0.15, 0.2) is 71.2 Å². The number of rotatable bonds is 6. The number of Topliss-reactive ketones (excluding diaryl/α,β-unsaturated/α-hetero) is 1. The molecule has 2 bridgehead atoms. The second-order valence-electron chi connectivity index (χ2n) is 10.5. The molecule has 11 heteroatoms. The van der Waals surface area contributed by atoms with Crippen molar-refractivity contribution >= 4 is 23.6 Å². The van der Waals surface area contributed by atoms with E-state index in [9.17, 15) is 24.3 Å². The van der Waals surface area contributed by atoms with E-state index < -0.39 is 53.9 Å². The molecule has 0 unspecified atom stereocenters. The first-order valence-corrected chi connectivity index (χ1v) is 13.7. The summed E-state index contributed by atoms with van der Waals surface area (Å²) in [5.74, 6) is -2.49. The van der Waals surface area contributed by atoms with Gasteiger partial charge in [0, 0.05) is 37.4 Å². The summed E-state index contributed by atoms with van der Waals surface area (Å²) < 4.78 is 22.1. The van der Waals surface area contributed by atoms with Crippen molar-refractivity contribution in [2.24, 2.45) is 17.6 Å². The summed E-state index contributed by atoms with van der Waals surface area (Å²) in [7, 11) is 2.90. The molecule has 0 fully saturated rings. The van der Waals surface area contributed by atoms with Gasteiger partial charge in [-0.3, -0.25) is 14.4 Å². The fraction of sp³-hybridized carbons (Fsp3) is 0.484. The number of ketones is 2. The van der Waals surface area contributed by atoms with Crippen molar-refractivity contribution in [3.05, 3.63) is 71.2 Å². The summed E-state index contributed by atoms with van der Waals surface area (Å²) in [6.07, 6.45) is 4.98. The number of ether oxygens (including phenoxy) is 4. The molecule has 2 rings (SSSR count). The van der Waals surface area contributed by atoms with E-state index in [0.717, 1.165) is 6.08 Å². The molecule has 0 spiro atoms. The summed E-state index contributed by atoms with van der Waals surface area (Å²) in [5.41, 5.74) is 6.09. The monoisotopic (exact) mass is 586 g/mol. The van der Waals surface area contributed by atoms with Gasteiger partial charge in [-0.2, -0.15) is 0 Å². The average Bonchev–Trinajstić information content (AvgIpc) is 2.94. The number of aliphatic hydroxyl groups is 1. The van der Waals surface area contributed by atoms with Crippen LogP contribution in [0.25, 0.3) is 0 Å².